The summed E-state index contributed by atoms with van der Waals surface area (Å²) in [5.74, 6) is 0.662. The Morgan fingerprint density at radius 1 is 1.14 bits per heavy atom. The molecule has 150 valence electrons. The average molecular weight is 423 g/mol. The lowest BCUT2D eigenvalue weighted by Crippen LogP contribution is -2.27. The van der Waals surface area contributed by atoms with Crippen LogP contribution in [-0.4, -0.2) is 33.2 Å². The van der Waals surface area contributed by atoms with Gasteiger partial charge in [-0.2, -0.15) is 0 Å². The molecule has 0 aromatic heterocycles. The third-order valence-corrected chi connectivity index (χ3v) is 6.87. The molecule has 0 bridgehead atoms. The Hall–Kier alpha value is -1.90. The van der Waals surface area contributed by atoms with E-state index in [9.17, 15) is 17.6 Å². The van der Waals surface area contributed by atoms with E-state index in [1.165, 1.54) is 24.3 Å². The maximum atomic E-state index is 12.9. The molecule has 1 amide bonds. The molecule has 2 N–H and O–H groups in total. The topological polar surface area (TPSA) is 75.3 Å². The third-order valence-electron chi connectivity index (χ3n) is 4.35. The second-order valence-electron chi connectivity index (χ2n) is 6.73. The number of benzene rings is 2. The number of hydrogen-bond acceptors (Lipinski definition) is 4. The Labute approximate surface area is 169 Å². The Balaban J connectivity index is 1.45. The molecule has 0 saturated heterocycles. The molecule has 28 heavy (non-hydrogen) atoms. The van der Waals surface area contributed by atoms with Crippen molar-refractivity contribution in [2.45, 2.75) is 29.1 Å². The van der Waals surface area contributed by atoms with Crippen LogP contribution in [0, 0.1) is 11.7 Å². The van der Waals surface area contributed by atoms with E-state index in [2.05, 4.69) is 10.0 Å². The minimum Gasteiger partial charge on any atom is -0.352 e. The van der Waals surface area contributed by atoms with E-state index in [0.717, 1.165) is 29.9 Å². The van der Waals surface area contributed by atoms with E-state index in [1.807, 2.05) is 0 Å². The van der Waals surface area contributed by atoms with Crippen molar-refractivity contribution >= 4 is 27.7 Å². The molecule has 8 heteroatoms. The first-order valence-electron chi connectivity index (χ1n) is 9.20. The molecule has 0 radical (unpaired) electrons. The van der Waals surface area contributed by atoms with Gasteiger partial charge in [-0.05, 0) is 73.4 Å². The van der Waals surface area contributed by atoms with E-state index in [4.69, 9.17) is 0 Å². The SMILES string of the molecule is O=C(NCCCSc1ccc(F)cc1)c1cccc(S(=O)(=O)NCC2CC2)c1. The molecule has 1 saturated carbocycles. The normalized spacial score (nSPS) is 14.0. The first-order chi connectivity index (χ1) is 13.4. The van der Waals surface area contributed by atoms with Crippen LogP contribution in [0.15, 0.2) is 58.3 Å². The van der Waals surface area contributed by atoms with Crippen molar-refractivity contribution in [1.82, 2.24) is 10.0 Å². The summed E-state index contributed by atoms with van der Waals surface area (Å²) < 4.78 is 40.1. The van der Waals surface area contributed by atoms with Gasteiger partial charge in [0.15, 0.2) is 0 Å². The Bertz CT molecular complexity index is 913. The van der Waals surface area contributed by atoms with E-state index in [0.29, 0.717) is 24.6 Å². The smallest absolute Gasteiger partial charge is 0.251 e. The number of rotatable bonds is 10. The lowest BCUT2D eigenvalue weighted by atomic mass is 10.2. The summed E-state index contributed by atoms with van der Waals surface area (Å²) in [5.41, 5.74) is 0.320. The van der Waals surface area contributed by atoms with Crippen LogP contribution >= 0.6 is 11.8 Å². The molecule has 0 aliphatic heterocycles. The fraction of sp³-hybridized carbons (Fsp3) is 0.350. The van der Waals surface area contributed by atoms with Crippen LogP contribution in [0.3, 0.4) is 0 Å². The molecule has 0 atom stereocenters. The predicted octanol–water partition coefficient (Wildman–Crippen LogP) is 3.43. The van der Waals surface area contributed by atoms with Crippen molar-refractivity contribution in [3.63, 3.8) is 0 Å². The number of sulfonamides is 1. The first-order valence-corrected chi connectivity index (χ1v) is 11.7. The maximum absolute atomic E-state index is 12.9. The van der Waals surface area contributed by atoms with Crippen molar-refractivity contribution in [1.29, 1.82) is 0 Å². The van der Waals surface area contributed by atoms with Crippen molar-refractivity contribution in [3.05, 3.63) is 59.9 Å². The molecule has 1 aliphatic carbocycles. The zero-order valence-electron chi connectivity index (χ0n) is 15.4. The van der Waals surface area contributed by atoms with Crippen molar-refractivity contribution in [3.8, 4) is 0 Å². The fourth-order valence-corrected chi connectivity index (χ4v) is 4.55. The highest BCUT2D eigenvalue weighted by atomic mass is 32.2. The van der Waals surface area contributed by atoms with Gasteiger partial charge in [-0.15, -0.1) is 11.8 Å². The fourth-order valence-electron chi connectivity index (χ4n) is 2.53. The van der Waals surface area contributed by atoms with Crippen LogP contribution in [0.2, 0.25) is 0 Å². The summed E-state index contributed by atoms with van der Waals surface area (Å²) in [6, 6.07) is 12.4. The highest BCUT2D eigenvalue weighted by Crippen LogP contribution is 2.28. The van der Waals surface area contributed by atoms with Crippen LogP contribution in [0.4, 0.5) is 4.39 Å². The van der Waals surface area contributed by atoms with Crippen molar-refractivity contribution in [2.24, 2.45) is 5.92 Å². The van der Waals surface area contributed by atoms with Crippen LogP contribution in [0.1, 0.15) is 29.6 Å². The average Bonchev–Trinajstić information content (AvgIpc) is 3.52. The van der Waals surface area contributed by atoms with Gasteiger partial charge in [0.05, 0.1) is 4.90 Å². The first kappa shape index (κ1) is 20.8. The number of thioether (sulfide) groups is 1. The molecular formula is C20H23FN2O3S2. The lowest BCUT2D eigenvalue weighted by Gasteiger charge is -2.09. The monoisotopic (exact) mass is 422 g/mol. The summed E-state index contributed by atoms with van der Waals surface area (Å²) in [6.07, 6.45) is 2.86. The Kier molecular flexibility index (Phi) is 7.09. The standard InChI is InChI=1S/C20H23FN2O3S2/c21-17-7-9-18(10-8-17)27-12-2-11-22-20(24)16-3-1-4-19(13-16)28(25,26)23-14-15-5-6-15/h1,3-4,7-10,13,15,23H,2,5-6,11-12,14H2,(H,22,24). The van der Waals surface area contributed by atoms with Gasteiger partial charge in [0.1, 0.15) is 5.82 Å². The van der Waals surface area contributed by atoms with E-state index < -0.39 is 10.0 Å². The van der Waals surface area contributed by atoms with Gasteiger partial charge in [0, 0.05) is 23.5 Å². The van der Waals surface area contributed by atoms with Gasteiger partial charge < -0.3 is 5.32 Å². The molecule has 5 nitrogen and oxygen atoms in total. The van der Waals surface area contributed by atoms with Gasteiger partial charge in [0.2, 0.25) is 10.0 Å². The van der Waals surface area contributed by atoms with Gasteiger partial charge in [-0.25, -0.2) is 17.5 Å². The van der Waals surface area contributed by atoms with Crippen molar-refractivity contribution < 1.29 is 17.6 Å². The molecule has 2 aromatic carbocycles. The zero-order chi connectivity index (χ0) is 20.0. The molecule has 3 rings (SSSR count). The molecule has 1 fully saturated rings. The number of carbonyl (C=O) groups is 1. The van der Waals surface area contributed by atoms with Gasteiger partial charge in [-0.1, -0.05) is 6.07 Å². The Morgan fingerprint density at radius 2 is 1.89 bits per heavy atom. The summed E-state index contributed by atoms with van der Waals surface area (Å²) in [4.78, 5) is 13.4. The number of carbonyl (C=O) groups excluding carboxylic acids is 1. The third kappa shape index (κ3) is 6.32. The van der Waals surface area contributed by atoms with Crippen LogP contribution in [0.5, 0.6) is 0 Å². The van der Waals surface area contributed by atoms with Crippen LogP contribution in [0.25, 0.3) is 0 Å². The molecule has 0 spiro atoms. The quantitative estimate of drug-likeness (QED) is 0.454. The summed E-state index contributed by atoms with van der Waals surface area (Å²) in [6.45, 7) is 0.925. The summed E-state index contributed by atoms with van der Waals surface area (Å²) >= 11 is 1.59. The second kappa shape index (κ2) is 9.54. The molecule has 0 unspecified atom stereocenters. The lowest BCUT2D eigenvalue weighted by molar-refractivity contribution is 0.0953. The molecular weight excluding hydrogens is 399 g/mol. The predicted molar refractivity (Wildman–Crippen MR) is 108 cm³/mol. The second-order valence-corrected chi connectivity index (χ2v) is 9.67. The maximum Gasteiger partial charge on any atom is 0.251 e. The highest BCUT2D eigenvalue weighted by Gasteiger charge is 2.24. The number of nitrogens with one attached hydrogen (secondary N) is 2. The minimum absolute atomic E-state index is 0.104. The Morgan fingerprint density at radius 3 is 2.61 bits per heavy atom. The molecule has 0 heterocycles. The van der Waals surface area contributed by atoms with E-state index in [1.54, 1.807) is 36.0 Å². The van der Waals surface area contributed by atoms with Crippen molar-refractivity contribution in [2.75, 3.05) is 18.8 Å². The number of amides is 1. The van der Waals surface area contributed by atoms with Gasteiger partial charge in [-0.3, -0.25) is 4.79 Å². The van der Waals surface area contributed by atoms with Gasteiger partial charge >= 0.3 is 0 Å². The number of halogens is 1. The summed E-state index contributed by atoms with van der Waals surface area (Å²) in [5, 5.41) is 2.81. The molecule has 2 aromatic rings. The minimum atomic E-state index is -3.59. The van der Waals surface area contributed by atoms with Crippen LogP contribution < -0.4 is 10.0 Å². The summed E-state index contributed by atoms with van der Waals surface area (Å²) in [7, 11) is -3.59. The van der Waals surface area contributed by atoms with E-state index in [-0.39, 0.29) is 16.6 Å². The number of hydrogen-bond donors (Lipinski definition) is 2. The largest absolute Gasteiger partial charge is 0.352 e. The van der Waals surface area contributed by atoms with E-state index >= 15 is 0 Å². The van der Waals surface area contributed by atoms with Gasteiger partial charge in [0.25, 0.3) is 5.91 Å². The highest BCUT2D eigenvalue weighted by molar-refractivity contribution is 7.99. The van der Waals surface area contributed by atoms with Crippen LogP contribution in [-0.2, 0) is 10.0 Å². The zero-order valence-corrected chi connectivity index (χ0v) is 17.0. The molecule has 1 aliphatic rings.